The second kappa shape index (κ2) is 6.64. The molecule has 96 valence electrons. The number of hydrogen-bond donors (Lipinski definition) is 0. The van der Waals surface area contributed by atoms with E-state index >= 15 is 0 Å². The van der Waals surface area contributed by atoms with Crippen LogP contribution in [0.15, 0.2) is 40.3 Å². The van der Waals surface area contributed by atoms with Crippen molar-refractivity contribution in [1.29, 1.82) is 0 Å². The van der Waals surface area contributed by atoms with Crippen molar-refractivity contribution in [2.24, 2.45) is 0 Å². The highest BCUT2D eigenvalue weighted by atomic mass is 79.9. The summed E-state index contributed by atoms with van der Waals surface area (Å²) in [5.41, 5.74) is 1.36. The first-order valence-corrected chi connectivity index (χ1v) is 9.38. The Morgan fingerprint density at radius 3 is 2.56 bits per heavy atom. The molecule has 1 heterocycles. The van der Waals surface area contributed by atoms with E-state index in [-0.39, 0.29) is 5.41 Å². The lowest BCUT2D eigenvalue weighted by Crippen LogP contribution is -2.32. The Kier molecular flexibility index (Phi) is 5.42. The number of halogens is 3. The molecular formula is C13H12Br3NS. The topological polar surface area (TPSA) is 12.9 Å². The van der Waals surface area contributed by atoms with Crippen LogP contribution in [0.1, 0.15) is 10.6 Å². The Morgan fingerprint density at radius 1 is 1.22 bits per heavy atom. The molecule has 0 saturated heterocycles. The van der Waals surface area contributed by atoms with E-state index < -0.39 is 0 Å². The lowest BCUT2D eigenvalue weighted by molar-refractivity contribution is 0.549. The van der Waals surface area contributed by atoms with Gasteiger partial charge in [-0.05, 0) is 17.7 Å². The molecule has 0 N–H and O–H groups in total. The number of alkyl halides is 2. The smallest absolute Gasteiger partial charge is 0.0934 e. The summed E-state index contributed by atoms with van der Waals surface area (Å²) in [6, 6.07) is 8.51. The van der Waals surface area contributed by atoms with Crippen LogP contribution in [-0.2, 0) is 11.8 Å². The third kappa shape index (κ3) is 3.24. The van der Waals surface area contributed by atoms with Gasteiger partial charge in [0.2, 0.25) is 0 Å². The summed E-state index contributed by atoms with van der Waals surface area (Å²) in [5.74, 6) is 0. The number of benzene rings is 1. The zero-order valence-corrected chi connectivity index (χ0v) is 15.1. The van der Waals surface area contributed by atoms with E-state index in [1.54, 1.807) is 11.3 Å². The predicted molar refractivity (Wildman–Crippen MR) is 89.2 cm³/mol. The minimum atomic E-state index is 0.0433. The minimum Gasteiger partial charge on any atom is -0.250 e. The van der Waals surface area contributed by atoms with Crippen molar-refractivity contribution in [3.05, 3.63) is 50.9 Å². The minimum absolute atomic E-state index is 0.0433. The Labute approximate surface area is 136 Å². The van der Waals surface area contributed by atoms with Crippen molar-refractivity contribution in [1.82, 2.24) is 4.98 Å². The van der Waals surface area contributed by atoms with Crippen molar-refractivity contribution in [3.63, 3.8) is 0 Å². The van der Waals surface area contributed by atoms with Crippen molar-refractivity contribution in [2.75, 3.05) is 10.7 Å². The third-order valence-corrected chi connectivity index (χ3v) is 6.34. The summed E-state index contributed by atoms with van der Waals surface area (Å²) < 4.78 is 1.12. The number of nitrogens with zero attached hydrogens (tertiary/aromatic N) is 1. The predicted octanol–water partition coefficient (Wildman–Crippen LogP) is 5.18. The summed E-state index contributed by atoms with van der Waals surface area (Å²) in [4.78, 5) is 4.41. The van der Waals surface area contributed by atoms with Crippen LogP contribution in [0.4, 0.5) is 0 Å². The van der Waals surface area contributed by atoms with Gasteiger partial charge in [-0.3, -0.25) is 0 Å². The zero-order chi connectivity index (χ0) is 13.0. The van der Waals surface area contributed by atoms with Crippen LogP contribution in [0.2, 0.25) is 0 Å². The first kappa shape index (κ1) is 14.7. The van der Waals surface area contributed by atoms with Crippen LogP contribution in [0.3, 0.4) is 0 Å². The molecule has 0 bridgehead atoms. The van der Waals surface area contributed by atoms with Crippen LogP contribution in [-0.4, -0.2) is 15.6 Å². The molecular weight excluding hydrogens is 442 g/mol. The Morgan fingerprint density at radius 2 is 2.00 bits per heavy atom. The lowest BCUT2D eigenvalue weighted by Gasteiger charge is -2.30. The second-order valence-electron chi connectivity index (χ2n) is 4.16. The van der Waals surface area contributed by atoms with Crippen LogP contribution >= 0.6 is 59.1 Å². The van der Waals surface area contributed by atoms with E-state index in [4.69, 9.17) is 0 Å². The quantitative estimate of drug-likeness (QED) is 0.569. The van der Waals surface area contributed by atoms with E-state index in [0.717, 1.165) is 21.6 Å². The molecule has 18 heavy (non-hydrogen) atoms. The number of hydrogen-bond acceptors (Lipinski definition) is 2. The highest BCUT2D eigenvalue weighted by molar-refractivity contribution is 9.10. The van der Waals surface area contributed by atoms with Crippen molar-refractivity contribution >= 4 is 59.1 Å². The average molecular weight is 454 g/mol. The van der Waals surface area contributed by atoms with Gasteiger partial charge in [0.05, 0.1) is 5.01 Å². The molecule has 0 aliphatic heterocycles. The van der Waals surface area contributed by atoms with Gasteiger partial charge in [-0.2, -0.15) is 0 Å². The fourth-order valence-electron chi connectivity index (χ4n) is 1.83. The van der Waals surface area contributed by atoms with Crippen molar-refractivity contribution < 1.29 is 0 Å². The molecule has 5 heteroatoms. The largest absolute Gasteiger partial charge is 0.250 e. The molecule has 0 radical (unpaired) electrons. The summed E-state index contributed by atoms with van der Waals surface area (Å²) in [5, 5.41) is 5.01. The van der Waals surface area contributed by atoms with Gasteiger partial charge in [0, 0.05) is 38.5 Å². The molecule has 0 aliphatic rings. The number of rotatable bonds is 5. The van der Waals surface area contributed by atoms with E-state index in [1.165, 1.54) is 10.6 Å². The molecule has 1 aromatic heterocycles. The molecule has 0 fully saturated rings. The maximum Gasteiger partial charge on any atom is 0.0934 e. The second-order valence-corrected chi connectivity index (χ2v) is 7.18. The van der Waals surface area contributed by atoms with Crippen molar-refractivity contribution in [3.8, 4) is 0 Å². The van der Waals surface area contributed by atoms with Crippen LogP contribution in [0.25, 0.3) is 0 Å². The molecule has 0 atom stereocenters. The van der Waals surface area contributed by atoms with Gasteiger partial charge in [0.1, 0.15) is 0 Å². The number of thiazole rings is 1. The molecule has 0 amide bonds. The molecule has 1 aromatic carbocycles. The molecule has 0 aliphatic carbocycles. The van der Waals surface area contributed by atoms with Gasteiger partial charge in [-0.15, -0.1) is 11.3 Å². The van der Waals surface area contributed by atoms with Gasteiger partial charge in [-0.1, -0.05) is 59.9 Å². The molecule has 0 unspecified atom stereocenters. The highest BCUT2D eigenvalue weighted by Crippen LogP contribution is 2.34. The van der Waals surface area contributed by atoms with Crippen LogP contribution in [0, 0.1) is 0 Å². The normalized spacial score (nSPS) is 11.7. The van der Waals surface area contributed by atoms with Crippen molar-refractivity contribution in [2.45, 2.75) is 11.8 Å². The average Bonchev–Trinajstić information content (AvgIpc) is 2.89. The van der Waals surface area contributed by atoms with Gasteiger partial charge in [0.15, 0.2) is 0 Å². The highest BCUT2D eigenvalue weighted by Gasteiger charge is 2.31. The summed E-state index contributed by atoms with van der Waals surface area (Å²) in [6.45, 7) is 0. The Hall–Kier alpha value is 0.290. The monoisotopic (exact) mass is 451 g/mol. The summed E-state index contributed by atoms with van der Waals surface area (Å²) in [6.07, 6.45) is 2.81. The van der Waals surface area contributed by atoms with Crippen LogP contribution in [0.5, 0.6) is 0 Å². The third-order valence-electron chi connectivity index (χ3n) is 2.92. The Balaban J connectivity index is 2.37. The van der Waals surface area contributed by atoms with E-state index in [9.17, 15) is 0 Å². The first-order valence-electron chi connectivity index (χ1n) is 5.46. The summed E-state index contributed by atoms with van der Waals surface area (Å²) >= 11 is 12.6. The molecule has 2 aromatic rings. The Bertz CT molecular complexity index is 495. The fraction of sp³-hybridized carbons (Fsp3) is 0.308. The van der Waals surface area contributed by atoms with Gasteiger partial charge in [0.25, 0.3) is 0 Å². The molecule has 2 rings (SSSR count). The summed E-state index contributed by atoms with van der Waals surface area (Å²) in [7, 11) is 0. The molecule has 1 nitrogen and oxygen atoms in total. The first-order chi connectivity index (χ1) is 8.70. The standard InChI is InChI=1S/C13H12Br3NS/c14-8-13(9-15,7-12-17-4-5-18-12)10-2-1-3-11(16)6-10/h1-6H,7-9H2. The number of aromatic nitrogens is 1. The van der Waals surface area contributed by atoms with Crippen LogP contribution < -0.4 is 0 Å². The maximum atomic E-state index is 4.41. The van der Waals surface area contributed by atoms with Gasteiger partial charge < -0.3 is 0 Å². The molecule has 0 spiro atoms. The van der Waals surface area contributed by atoms with Gasteiger partial charge >= 0.3 is 0 Å². The SMILES string of the molecule is BrCC(CBr)(Cc1nccs1)c1cccc(Br)c1. The fourth-order valence-corrected chi connectivity index (χ4v) is 4.97. The maximum absolute atomic E-state index is 4.41. The zero-order valence-electron chi connectivity index (χ0n) is 9.57. The van der Waals surface area contributed by atoms with E-state index in [1.807, 2.05) is 11.6 Å². The van der Waals surface area contributed by atoms with E-state index in [0.29, 0.717) is 0 Å². The lowest BCUT2D eigenvalue weighted by atomic mass is 9.82. The van der Waals surface area contributed by atoms with E-state index in [2.05, 4.69) is 77.0 Å². The van der Waals surface area contributed by atoms with Gasteiger partial charge in [-0.25, -0.2) is 4.98 Å². The molecule has 0 saturated carbocycles.